The van der Waals surface area contributed by atoms with Gasteiger partial charge in [0.2, 0.25) is 0 Å². The van der Waals surface area contributed by atoms with E-state index in [2.05, 4.69) is 4.74 Å². The number of ether oxygens (including phenoxy) is 1. The maximum atomic E-state index is 10.8. The molecule has 0 saturated heterocycles. The Morgan fingerprint density at radius 2 is 2.33 bits per heavy atom. The van der Waals surface area contributed by atoms with Crippen molar-refractivity contribution in [3.63, 3.8) is 0 Å². The van der Waals surface area contributed by atoms with Crippen LogP contribution in [0.15, 0.2) is 11.4 Å². The van der Waals surface area contributed by atoms with E-state index < -0.39 is 0 Å². The molecule has 12 heavy (non-hydrogen) atoms. The van der Waals surface area contributed by atoms with Crippen molar-refractivity contribution in [2.24, 2.45) is 0 Å². The Morgan fingerprint density at radius 3 is 2.75 bits per heavy atom. The molecule has 0 atom stereocenters. The number of hydrogen-bond donors (Lipinski definition) is 0. The lowest BCUT2D eigenvalue weighted by Crippen LogP contribution is -2.03. The van der Waals surface area contributed by atoms with Gasteiger partial charge in [0, 0.05) is 4.88 Å². The van der Waals surface area contributed by atoms with E-state index in [-0.39, 0.29) is 18.4 Å². The van der Waals surface area contributed by atoms with Crippen molar-refractivity contribution in [3.8, 4) is 0 Å². The quantitative estimate of drug-likeness (QED) is 0.694. The van der Waals surface area contributed by atoms with Gasteiger partial charge in [0.05, 0.1) is 13.5 Å². The van der Waals surface area contributed by atoms with E-state index in [1.165, 1.54) is 12.7 Å². The Morgan fingerprint density at radius 1 is 1.67 bits per heavy atom. The molecule has 1 heterocycles. The van der Waals surface area contributed by atoms with Crippen LogP contribution in [0, 0.1) is 6.92 Å². The third kappa shape index (κ3) is 2.83. The number of hydrogen-bond acceptors (Lipinski definition) is 3. The zero-order valence-corrected chi connectivity index (χ0v) is 8.63. The number of carbonyl (C=O) groups excluding carboxylic acids is 1. The Kier molecular flexibility index (Phi) is 4.93. The van der Waals surface area contributed by atoms with Gasteiger partial charge in [-0.3, -0.25) is 4.79 Å². The fraction of sp³-hybridized carbons (Fsp3) is 0.375. The molecule has 0 amide bonds. The van der Waals surface area contributed by atoms with Gasteiger partial charge in [0.15, 0.2) is 0 Å². The van der Waals surface area contributed by atoms with Crippen molar-refractivity contribution in [1.82, 2.24) is 0 Å². The molecular formula is C8H11ClO2S. The molecule has 1 rings (SSSR count). The van der Waals surface area contributed by atoms with Gasteiger partial charge in [-0.15, -0.1) is 23.7 Å². The second-order valence-electron chi connectivity index (χ2n) is 2.28. The summed E-state index contributed by atoms with van der Waals surface area (Å²) in [6, 6.07) is 2.00. The average Bonchev–Trinajstić information content (AvgIpc) is 2.37. The summed E-state index contributed by atoms with van der Waals surface area (Å²) < 4.78 is 4.55. The van der Waals surface area contributed by atoms with Crippen LogP contribution in [0.25, 0.3) is 0 Å². The highest BCUT2D eigenvalue weighted by Gasteiger charge is 2.05. The summed E-state index contributed by atoms with van der Waals surface area (Å²) in [5.41, 5.74) is 1.17. The van der Waals surface area contributed by atoms with Crippen LogP contribution < -0.4 is 0 Å². The van der Waals surface area contributed by atoms with Crippen molar-refractivity contribution < 1.29 is 9.53 Å². The van der Waals surface area contributed by atoms with Crippen LogP contribution >= 0.6 is 23.7 Å². The molecule has 0 aliphatic rings. The molecule has 0 aliphatic carbocycles. The Labute approximate surface area is 82.0 Å². The van der Waals surface area contributed by atoms with Crippen LogP contribution in [-0.2, 0) is 16.0 Å². The average molecular weight is 207 g/mol. The first kappa shape index (κ1) is 11.5. The van der Waals surface area contributed by atoms with Crippen molar-refractivity contribution in [2.45, 2.75) is 13.3 Å². The number of aryl methyl sites for hydroxylation is 1. The molecule has 0 fully saturated rings. The molecule has 4 heteroatoms. The predicted octanol–water partition coefficient (Wildman–Crippen LogP) is 2.19. The smallest absolute Gasteiger partial charge is 0.310 e. The SMILES string of the molecule is COC(=O)Cc1sccc1C.Cl. The normalized spacial score (nSPS) is 8.83. The second-order valence-corrected chi connectivity index (χ2v) is 3.28. The minimum atomic E-state index is -0.171. The first-order valence-electron chi connectivity index (χ1n) is 3.34. The molecule has 0 radical (unpaired) electrons. The number of carbonyl (C=O) groups is 1. The highest BCUT2D eigenvalue weighted by molar-refractivity contribution is 7.10. The van der Waals surface area contributed by atoms with Gasteiger partial charge < -0.3 is 4.74 Å². The lowest BCUT2D eigenvalue weighted by Gasteiger charge is -1.96. The topological polar surface area (TPSA) is 26.3 Å². The van der Waals surface area contributed by atoms with Gasteiger partial charge in [-0.05, 0) is 23.9 Å². The maximum absolute atomic E-state index is 10.8. The molecule has 0 saturated carbocycles. The lowest BCUT2D eigenvalue weighted by atomic mass is 10.2. The van der Waals surface area contributed by atoms with Crippen molar-refractivity contribution >= 4 is 29.7 Å². The zero-order valence-electron chi connectivity index (χ0n) is 6.99. The largest absolute Gasteiger partial charge is 0.469 e. The lowest BCUT2D eigenvalue weighted by molar-refractivity contribution is -0.139. The maximum Gasteiger partial charge on any atom is 0.310 e. The van der Waals surface area contributed by atoms with Crippen LogP contribution in [0.4, 0.5) is 0 Å². The Balaban J connectivity index is 0.00000121. The minimum absolute atomic E-state index is 0. The zero-order chi connectivity index (χ0) is 8.27. The minimum Gasteiger partial charge on any atom is -0.469 e. The molecule has 0 N–H and O–H groups in total. The number of rotatable bonds is 2. The van der Waals surface area contributed by atoms with Gasteiger partial charge in [-0.25, -0.2) is 0 Å². The monoisotopic (exact) mass is 206 g/mol. The number of halogens is 1. The summed E-state index contributed by atoms with van der Waals surface area (Å²) in [5.74, 6) is -0.171. The second kappa shape index (κ2) is 5.17. The van der Waals surface area contributed by atoms with Crippen molar-refractivity contribution in [2.75, 3.05) is 7.11 Å². The van der Waals surface area contributed by atoms with Gasteiger partial charge in [-0.2, -0.15) is 0 Å². The molecule has 0 spiro atoms. The summed E-state index contributed by atoms with van der Waals surface area (Å²) in [6.07, 6.45) is 0.403. The first-order valence-corrected chi connectivity index (χ1v) is 4.22. The fourth-order valence-electron chi connectivity index (χ4n) is 0.788. The number of methoxy groups -OCH3 is 1. The van der Waals surface area contributed by atoms with Crippen molar-refractivity contribution in [1.29, 1.82) is 0 Å². The molecule has 0 aromatic carbocycles. The van der Waals surface area contributed by atoms with E-state index in [9.17, 15) is 4.79 Å². The number of esters is 1. The van der Waals surface area contributed by atoms with Gasteiger partial charge in [0.25, 0.3) is 0 Å². The molecule has 0 unspecified atom stereocenters. The molecule has 2 nitrogen and oxygen atoms in total. The Hall–Kier alpha value is -0.540. The summed E-state index contributed by atoms with van der Waals surface area (Å²) in [6.45, 7) is 1.99. The van der Waals surface area contributed by atoms with Gasteiger partial charge in [-0.1, -0.05) is 0 Å². The molecule has 0 aliphatic heterocycles. The van der Waals surface area contributed by atoms with E-state index in [0.29, 0.717) is 6.42 Å². The van der Waals surface area contributed by atoms with Crippen LogP contribution in [0.2, 0.25) is 0 Å². The van der Waals surface area contributed by atoms with Crippen LogP contribution in [0.1, 0.15) is 10.4 Å². The molecule has 1 aromatic heterocycles. The van der Waals surface area contributed by atoms with E-state index >= 15 is 0 Å². The summed E-state index contributed by atoms with van der Waals surface area (Å²) in [4.78, 5) is 11.9. The summed E-state index contributed by atoms with van der Waals surface area (Å²) >= 11 is 1.59. The van der Waals surface area contributed by atoms with Crippen molar-refractivity contribution in [3.05, 3.63) is 21.9 Å². The molecular weight excluding hydrogens is 196 g/mol. The third-order valence-electron chi connectivity index (χ3n) is 1.50. The van der Waals surface area contributed by atoms with Gasteiger partial charge in [0.1, 0.15) is 0 Å². The van der Waals surface area contributed by atoms with E-state index in [0.717, 1.165) is 4.88 Å². The first-order chi connectivity index (χ1) is 5.24. The summed E-state index contributed by atoms with van der Waals surface area (Å²) in [7, 11) is 1.41. The summed E-state index contributed by atoms with van der Waals surface area (Å²) in [5, 5.41) is 1.98. The van der Waals surface area contributed by atoms with E-state index in [4.69, 9.17) is 0 Å². The van der Waals surface area contributed by atoms with Crippen LogP contribution in [0.5, 0.6) is 0 Å². The standard InChI is InChI=1S/C8H10O2S.ClH/c1-6-3-4-11-7(6)5-8(9)10-2;/h3-4H,5H2,1-2H3;1H. The molecule has 1 aromatic rings. The highest BCUT2D eigenvalue weighted by atomic mass is 35.5. The fourth-order valence-corrected chi connectivity index (χ4v) is 1.68. The number of thiophene rings is 1. The molecule has 0 bridgehead atoms. The highest BCUT2D eigenvalue weighted by Crippen LogP contribution is 2.16. The van der Waals surface area contributed by atoms with E-state index in [1.54, 1.807) is 11.3 Å². The van der Waals surface area contributed by atoms with E-state index in [1.807, 2.05) is 18.4 Å². The van der Waals surface area contributed by atoms with Gasteiger partial charge >= 0.3 is 5.97 Å². The van der Waals surface area contributed by atoms with Crippen LogP contribution in [0.3, 0.4) is 0 Å². The van der Waals surface area contributed by atoms with Crippen LogP contribution in [-0.4, -0.2) is 13.1 Å². The Bertz CT molecular complexity index is 257. The predicted molar refractivity (Wildman–Crippen MR) is 52.0 cm³/mol. The molecule has 68 valence electrons. The third-order valence-corrected chi connectivity index (χ3v) is 2.52.